The predicted octanol–water partition coefficient (Wildman–Crippen LogP) is 2.82. The molecule has 3 aliphatic heterocycles. The number of nitrogens with one attached hydrogen (secondary N) is 1. The number of hydrogen-bond donors (Lipinski definition) is 1. The lowest BCUT2D eigenvalue weighted by Gasteiger charge is -2.35. The lowest BCUT2D eigenvalue weighted by atomic mass is 10.2. The number of benzene rings is 2. The van der Waals surface area contributed by atoms with E-state index in [0.29, 0.717) is 22.1 Å². The van der Waals surface area contributed by atoms with Crippen molar-refractivity contribution in [3.63, 3.8) is 0 Å². The van der Waals surface area contributed by atoms with Crippen molar-refractivity contribution in [3.8, 4) is 0 Å². The number of rotatable bonds is 1. The van der Waals surface area contributed by atoms with Gasteiger partial charge in [0.15, 0.2) is 0 Å². The van der Waals surface area contributed by atoms with Gasteiger partial charge in [-0.25, -0.2) is 4.99 Å². The largest absolute Gasteiger partial charge is 0.352 e. The molecule has 3 heterocycles. The lowest BCUT2D eigenvalue weighted by molar-refractivity contribution is 0.201. The summed E-state index contributed by atoms with van der Waals surface area (Å²) in [5.41, 5.74) is 1.72. The van der Waals surface area contributed by atoms with Gasteiger partial charge in [0, 0.05) is 30.4 Å². The molecule has 128 valence electrons. The molecule has 3 aliphatic rings. The summed E-state index contributed by atoms with van der Waals surface area (Å²) in [5.74, 6) is 1.12. The molecule has 2 unspecified atom stereocenters. The molecular weight excluding hydrogens is 355 g/mol. The third-order valence-corrected chi connectivity index (χ3v) is 6.22. The molecule has 2 bridgehead atoms. The highest BCUT2D eigenvalue weighted by molar-refractivity contribution is 6.42. The number of nitrogens with zero attached hydrogens (tertiary/aromatic N) is 3. The first-order valence-electron chi connectivity index (χ1n) is 8.51. The zero-order chi connectivity index (χ0) is 17.1. The number of halogens is 2. The topological polar surface area (TPSA) is 30.9 Å². The summed E-state index contributed by atoms with van der Waals surface area (Å²) in [6, 6.07) is 13.1. The SMILES string of the molecule is CN1CC2CC1CN2C1=c2ccccc2=Nc2cc(Cl)c(Cl)cc2N1. The molecule has 1 N–H and O–H groups in total. The van der Waals surface area contributed by atoms with E-state index in [-0.39, 0.29) is 0 Å². The lowest BCUT2D eigenvalue weighted by Crippen LogP contribution is -2.47. The fraction of sp³-hybridized carbons (Fsp3) is 0.316. The van der Waals surface area contributed by atoms with Gasteiger partial charge in [-0.15, -0.1) is 0 Å². The van der Waals surface area contributed by atoms with Crippen LogP contribution in [0.25, 0.3) is 5.82 Å². The van der Waals surface area contributed by atoms with Crippen molar-refractivity contribution in [2.45, 2.75) is 18.5 Å². The second-order valence-electron chi connectivity index (χ2n) is 7.02. The number of hydrogen-bond acceptors (Lipinski definition) is 4. The standard InChI is InChI=1S/C19H18Cl2N4/c1-24-9-12-6-11(24)10-25(12)19-13-4-2-3-5-16(13)22-17-7-14(20)15(21)8-18(17)23-19/h2-5,7-8,11-12,23H,6,9-10H2,1H3. The molecule has 6 heteroatoms. The Kier molecular flexibility index (Phi) is 3.49. The van der Waals surface area contributed by atoms with Crippen LogP contribution in [0.2, 0.25) is 10.0 Å². The first kappa shape index (κ1) is 15.5. The average Bonchev–Trinajstić information content (AvgIpc) is 3.12. The molecule has 2 fully saturated rings. The molecule has 0 radical (unpaired) electrons. The van der Waals surface area contributed by atoms with Crippen LogP contribution in [0.3, 0.4) is 0 Å². The van der Waals surface area contributed by atoms with Crippen LogP contribution in [0.15, 0.2) is 41.4 Å². The van der Waals surface area contributed by atoms with E-state index in [1.165, 1.54) is 6.42 Å². The Hall–Kier alpha value is -1.75. The minimum Gasteiger partial charge on any atom is -0.352 e. The van der Waals surface area contributed by atoms with Crippen LogP contribution in [-0.2, 0) is 0 Å². The van der Waals surface area contributed by atoms with Crippen molar-refractivity contribution in [2.75, 3.05) is 25.5 Å². The van der Waals surface area contributed by atoms with Crippen LogP contribution in [0.5, 0.6) is 0 Å². The van der Waals surface area contributed by atoms with Gasteiger partial charge >= 0.3 is 0 Å². The highest BCUT2D eigenvalue weighted by Gasteiger charge is 2.42. The van der Waals surface area contributed by atoms with E-state index in [9.17, 15) is 0 Å². The van der Waals surface area contributed by atoms with Crippen molar-refractivity contribution in [2.24, 2.45) is 4.99 Å². The first-order chi connectivity index (χ1) is 12.1. The minimum absolute atomic E-state index is 0.522. The van der Waals surface area contributed by atoms with Crippen LogP contribution in [0.1, 0.15) is 6.42 Å². The minimum atomic E-state index is 0.522. The molecule has 4 nitrogen and oxygen atoms in total. The summed E-state index contributed by atoms with van der Waals surface area (Å²) in [4.78, 5) is 9.79. The molecule has 2 aromatic carbocycles. The van der Waals surface area contributed by atoms with Crippen LogP contribution in [0, 0.1) is 0 Å². The maximum Gasteiger partial charge on any atom is 0.116 e. The van der Waals surface area contributed by atoms with E-state index >= 15 is 0 Å². The number of para-hydroxylation sites is 1. The Morgan fingerprint density at radius 2 is 1.88 bits per heavy atom. The van der Waals surface area contributed by atoms with Gasteiger partial charge in [0.1, 0.15) is 5.82 Å². The van der Waals surface area contributed by atoms with Crippen molar-refractivity contribution >= 4 is 40.4 Å². The molecule has 0 amide bonds. The number of fused-ring (bicyclic) bond motifs is 4. The maximum atomic E-state index is 6.26. The third-order valence-electron chi connectivity index (χ3n) is 5.49. The first-order valence-corrected chi connectivity index (χ1v) is 9.27. The van der Waals surface area contributed by atoms with Gasteiger partial charge in [-0.05, 0) is 37.7 Å². The zero-order valence-corrected chi connectivity index (χ0v) is 15.3. The summed E-state index contributed by atoms with van der Waals surface area (Å²) in [6.45, 7) is 2.14. The Labute approximate surface area is 156 Å². The van der Waals surface area contributed by atoms with Crippen molar-refractivity contribution in [1.82, 2.24) is 9.80 Å². The Balaban J connectivity index is 1.70. The Morgan fingerprint density at radius 3 is 2.64 bits per heavy atom. The van der Waals surface area contributed by atoms with Crippen LogP contribution in [-0.4, -0.2) is 42.0 Å². The van der Waals surface area contributed by atoms with E-state index in [2.05, 4.69) is 40.4 Å². The van der Waals surface area contributed by atoms with E-state index in [1.54, 1.807) is 0 Å². The Morgan fingerprint density at radius 1 is 1.08 bits per heavy atom. The fourth-order valence-corrected chi connectivity index (χ4v) is 4.51. The fourth-order valence-electron chi connectivity index (χ4n) is 4.19. The number of piperazine rings is 1. The maximum absolute atomic E-state index is 6.26. The van der Waals surface area contributed by atoms with E-state index in [1.807, 2.05) is 18.2 Å². The zero-order valence-electron chi connectivity index (χ0n) is 13.8. The molecule has 2 saturated heterocycles. The van der Waals surface area contributed by atoms with Gasteiger partial charge < -0.3 is 10.2 Å². The van der Waals surface area contributed by atoms with Gasteiger partial charge in [-0.3, -0.25) is 4.90 Å². The van der Waals surface area contributed by atoms with Crippen molar-refractivity contribution < 1.29 is 0 Å². The number of likely N-dealkylation sites (N-methyl/N-ethyl adjacent to an activating group) is 1. The second kappa shape index (κ2) is 5.63. The number of likely N-dealkylation sites (tertiary alicyclic amines) is 2. The average molecular weight is 373 g/mol. The predicted molar refractivity (Wildman–Crippen MR) is 102 cm³/mol. The summed E-state index contributed by atoms with van der Waals surface area (Å²) < 4.78 is 0. The third kappa shape index (κ3) is 2.43. The molecule has 25 heavy (non-hydrogen) atoms. The van der Waals surface area contributed by atoms with Crippen LogP contribution >= 0.6 is 23.2 Å². The molecule has 5 rings (SSSR count). The number of anilines is 1. The normalized spacial score (nSPS) is 24.4. The molecule has 0 aliphatic carbocycles. The van der Waals surface area contributed by atoms with E-state index in [0.717, 1.165) is 40.9 Å². The van der Waals surface area contributed by atoms with Crippen molar-refractivity contribution in [3.05, 3.63) is 57.0 Å². The van der Waals surface area contributed by atoms with E-state index < -0.39 is 0 Å². The van der Waals surface area contributed by atoms with Gasteiger partial charge in [-0.1, -0.05) is 35.3 Å². The van der Waals surface area contributed by atoms with E-state index in [4.69, 9.17) is 28.2 Å². The summed E-state index contributed by atoms with van der Waals surface area (Å²) >= 11 is 12.5. The highest BCUT2D eigenvalue weighted by Crippen LogP contribution is 2.38. The highest BCUT2D eigenvalue weighted by atomic mass is 35.5. The molecule has 0 spiro atoms. The second-order valence-corrected chi connectivity index (χ2v) is 7.84. The van der Waals surface area contributed by atoms with Crippen molar-refractivity contribution in [1.29, 1.82) is 0 Å². The van der Waals surface area contributed by atoms with Crippen LogP contribution < -0.4 is 15.9 Å². The van der Waals surface area contributed by atoms with Gasteiger partial charge in [-0.2, -0.15) is 0 Å². The smallest absolute Gasteiger partial charge is 0.116 e. The Bertz CT molecular complexity index is 985. The molecule has 0 saturated carbocycles. The summed E-state index contributed by atoms with van der Waals surface area (Å²) in [7, 11) is 2.22. The van der Waals surface area contributed by atoms with Gasteiger partial charge in [0.2, 0.25) is 0 Å². The summed E-state index contributed by atoms with van der Waals surface area (Å²) in [5, 5.41) is 6.76. The van der Waals surface area contributed by atoms with Gasteiger partial charge in [0.05, 0.1) is 26.8 Å². The molecule has 2 atom stereocenters. The summed E-state index contributed by atoms with van der Waals surface area (Å²) in [6.07, 6.45) is 1.22. The molecule has 0 aromatic heterocycles. The molecular formula is C19H18Cl2N4. The monoisotopic (exact) mass is 372 g/mol. The quantitative estimate of drug-likeness (QED) is 0.834. The van der Waals surface area contributed by atoms with Crippen LogP contribution in [0.4, 0.5) is 11.4 Å². The molecule has 2 aromatic rings. The van der Waals surface area contributed by atoms with Gasteiger partial charge in [0.25, 0.3) is 0 Å².